The Labute approximate surface area is 141 Å². The summed E-state index contributed by atoms with van der Waals surface area (Å²) in [6.07, 6.45) is 2.57. The molecule has 1 aromatic carbocycles. The first-order chi connectivity index (χ1) is 11.0. The van der Waals surface area contributed by atoms with E-state index in [4.69, 9.17) is 16.3 Å². The van der Waals surface area contributed by atoms with E-state index >= 15 is 0 Å². The minimum Gasteiger partial charge on any atom is -0.387 e. The lowest BCUT2D eigenvalue weighted by Gasteiger charge is -2.29. The Kier molecular flexibility index (Phi) is 6.81. The Hall–Kier alpha value is -1.17. The van der Waals surface area contributed by atoms with Crippen LogP contribution in [0.25, 0.3) is 0 Å². The zero-order valence-electron chi connectivity index (χ0n) is 13.2. The zero-order valence-corrected chi connectivity index (χ0v) is 14.0. The van der Waals surface area contributed by atoms with Gasteiger partial charge in [-0.05, 0) is 37.0 Å². The summed E-state index contributed by atoms with van der Waals surface area (Å²) in [5.41, 5.74) is 0.392. The van der Waals surface area contributed by atoms with Crippen LogP contribution in [0.2, 0.25) is 5.02 Å². The van der Waals surface area contributed by atoms with E-state index in [1.165, 1.54) is 12.1 Å². The van der Waals surface area contributed by atoms with Gasteiger partial charge < -0.3 is 15.2 Å². The van der Waals surface area contributed by atoms with Crippen LogP contribution in [0.1, 0.15) is 44.3 Å². The number of carbonyl (C=O) groups excluding carboxylic acids is 1. The highest BCUT2D eigenvalue weighted by Crippen LogP contribution is 2.24. The molecular weight excluding hydrogens is 321 g/mol. The summed E-state index contributed by atoms with van der Waals surface area (Å²) < 4.78 is 19.0. The molecule has 1 saturated heterocycles. The van der Waals surface area contributed by atoms with Crippen LogP contribution >= 0.6 is 11.6 Å². The highest BCUT2D eigenvalue weighted by molar-refractivity contribution is 6.30. The van der Waals surface area contributed by atoms with Crippen molar-refractivity contribution in [1.82, 2.24) is 5.32 Å². The minimum absolute atomic E-state index is 0.00848. The van der Waals surface area contributed by atoms with Crippen molar-refractivity contribution >= 4 is 17.5 Å². The quantitative estimate of drug-likeness (QED) is 0.833. The first kappa shape index (κ1) is 18.2. The molecule has 3 atom stereocenters. The highest BCUT2D eigenvalue weighted by Gasteiger charge is 2.27. The summed E-state index contributed by atoms with van der Waals surface area (Å²) in [6.45, 7) is 2.73. The second kappa shape index (κ2) is 8.62. The molecule has 2 N–H and O–H groups in total. The van der Waals surface area contributed by atoms with E-state index in [-0.39, 0.29) is 29.5 Å². The maximum absolute atomic E-state index is 13.4. The molecule has 0 bridgehead atoms. The number of amides is 1. The van der Waals surface area contributed by atoms with Gasteiger partial charge in [-0.3, -0.25) is 4.79 Å². The molecule has 128 valence electrons. The van der Waals surface area contributed by atoms with Crippen LogP contribution in [-0.2, 0) is 9.53 Å². The van der Waals surface area contributed by atoms with Gasteiger partial charge in [0.2, 0.25) is 5.91 Å². The Bertz CT molecular complexity index is 539. The topological polar surface area (TPSA) is 58.6 Å². The van der Waals surface area contributed by atoms with Crippen LogP contribution in [-0.4, -0.2) is 30.3 Å². The van der Waals surface area contributed by atoms with Crippen molar-refractivity contribution in [3.63, 3.8) is 0 Å². The molecule has 6 heteroatoms. The van der Waals surface area contributed by atoms with Gasteiger partial charge in [-0.2, -0.15) is 0 Å². The van der Waals surface area contributed by atoms with E-state index in [2.05, 4.69) is 12.2 Å². The number of aliphatic hydroxyl groups is 1. The normalized spacial score (nSPS) is 22.6. The third-order valence-corrected chi connectivity index (χ3v) is 4.45. The largest absolute Gasteiger partial charge is 0.387 e. The summed E-state index contributed by atoms with van der Waals surface area (Å²) in [5, 5.41) is 12.8. The number of hydrogen-bond acceptors (Lipinski definition) is 3. The van der Waals surface area contributed by atoms with Gasteiger partial charge in [0.05, 0.1) is 17.2 Å². The van der Waals surface area contributed by atoms with Gasteiger partial charge in [-0.15, -0.1) is 0 Å². The van der Waals surface area contributed by atoms with E-state index in [0.717, 1.165) is 12.8 Å². The molecule has 1 aliphatic heterocycles. The molecule has 0 saturated carbocycles. The van der Waals surface area contributed by atoms with Crippen LogP contribution in [0, 0.1) is 11.7 Å². The van der Waals surface area contributed by atoms with E-state index < -0.39 is 11.9 Å². The molecule has 1 heterocycles. The third kappa shape index (κ3) is 5.16. The summed E-state index contributed by atoms with van der Waals surface area (Å²) in [5.74, 6) is -0.751. The lowest BCUT2D eigenvalue weighted by molar-refractivity contribution is -0.130. The van der Waals surface area contributed by atoms with E-state index in [1.807, 2.05) is 0 Å². The number of rotatable bonds is 6. The SMILES string of the molecule is CCCC1CC(C(=O)NCC(O)c2ccc(Cl)c(F)c2)CCO1. The third-order valence-electron chi connectivity index (χ3n) is 4.15. The maximum Gasteiger partial charge on any atom is 0.223 e. The molecule has 1 amide bonds. The monoisotopic (exact) mass is 343 g/mol. The molecule has 23 heavy (non-hydrogen) atoms. The summed E-state index contributed by atoms with van der Waals surface area (Å²) in [6, 6.07) is 4.13. The number of hydrogen-bond donors (Lipinski definition) is 2. The molecule has 0 spiro atoms. The molecule has 1 fully saturated rings. The average Bonchev–Trinajstić information content (AvgIpc) is 2.55. The van der Waals surface area contributed by atoms with Crippen LogP contribution < -0.4 is 5.32 Å². The van der Waals surface area contributed by atoms with Gasteiger partial charge in [0, 0.05) is 19.1 Å². The Morgan fingerprint density at radius 2 is 2.35 bits per heavy atom. The molecule has 3 unspecified atom stereocenters. The standard InChI is InChI=1S/C17H23ClFNO3/c1-2-3-13-8-12(6-7-23-13)17(22)20-10-16(21)11-4-5-14(18)15(19)9-11/h4-5,9,12-13,16,21H,2-3,6-8,10H2,1H3,(H,20,22). The van der Waals surface area contributed by atoms with Crippen LogP contribution in [0.5, 0.6) is 0 Å². The first-order valence-electron chi connectivity index (χ1n) is 8.03. The minimum atomic E-state index is -0.961. The fraction of sp³-hybridized carbons (Fsp3) is 0.588. The molecule has 2 rings (SSSR count). The number of carbonyl (C=O) groups is 1. The van der Waals surface area contributed by atoms with Crippen molar-refractivity contribution in [2.75, 3.05) is 13.2 Å². The maximum atomic E-state index is 13.4. The molecule has 1 aromatic rings. The van der Waals surface area contributed by atoms with Crippen LogP contribution in [0.15, 0.2) is 18.2 Å². The number of ether oxygens (including phenoxy) is 1. The van der Waals surface area contributed by atoms with E-state index in [1.54, 1.807) is 6.07 Å². The van der Waals surface area contributed by atoms with E-state index in [9.17, 15) is 14.3 Å². The Morgan fingerprint density at radius 3 is 3.04 bits per heavy atom. The van der Waals surface area contributed by atoms with Gasteiger partial charge in [0.1, 0.15) is 5.82 Å². The fourth-order valence-corrected chi connectivity index (χ4v) is 2.94. The lowest BCUT2D eigenvalue weighted by atomic mass is 9.92. The summed E-state index contributed by atoms with van der Waals surface area (Å²) in [7, 11) is 0. The van der Waals surface area contributed by atoms with Crippen LogP contribution in [0.3, 0.4) is 0 Å². The molecule has 0 aliphatic carbocycles. The fourth-order valence-electron chi connectivity index (χ4n) is 2.82. The van der Waals surface area contributed by atoms with Crippen molar-refractivity contribution in [1.29, 1.82) is 0 Å². The van der Waals surface area contributed by atoms with E-state index in [0.29, 0.717) is 25.0 Å². The van der Waals surface area contributed by atoms with Crippen molar-refractivity contribution in [3.8, 4) is 0 Å². The second-order valence-electron chi connectivity index (χ2n) is 5.94. The zero-order chi connectivity index (χ0) is 16.8. The number of benzene rings is 1. The van der Waals surface area contributed by atoms with Crippen molar-refractivity contribution in [3.05, 3.63) is 34.6 Å². The number of halogens is 2. The second-order valence-corrected chi connectivity index (χ2v) is 6.34. The highest BCUT2D eigenvalue weighted by atomic mass is 35.5. The molecule has 1 aliphatic rings. The smallest absolute Gasteiger partial charge is 0.223 e. The summed E-state index contributed by atoms with van der Waals surface area (Å²) in [4.78, 5) is 12.2. The van der Waals surface area contributed by atoms with Gasteiger partial charge in [0.25, 0.3) is 0 Å². The predicted octanol–water partition coefficient (Wildman–Crippen LogP) is 3.22. The predicted molar refractivity (Wildman–Crippen MR) is 86.8 cm³/mol. The van der Waals surface area contributed by atoms with Gasteiger partial charge >= 0.3 is 0 Å². The van der Waals surface area contributed by atoms with Gasteiger partial charge in [-0.25, -0.2) is 4.39 Å². The first-order valence-corrected chi connectivity index (χ1v) is 8.41. The van der Waals surface area contributed by atoms with Gasteiger partial charge in [-0.1, -0.05) is 31.0 Å². The molecular formula is C17H23ClFNO3. The van der Waals surface area contributed by atoms with Crippen LogP contribution in [0.4, 0.5) is 4.39 Å². The number of nitrogens with one attached hydrogen (secondary N) is 1. The van der Waals surface area contributed by atoms with Crippen molar-refractivity contribution < 1.29 is 19.0 Å². The lowest BCUT2D eigenvalue weighted by Crippen LogP contribution is -2.38. The van der Waals surface area contributed by atoms with Crippen molar-refractivity contribution in [2.45, 2.75) is 44.8 Å². The molecule has 0 aromatic heterocycles. The summed E-state index contributed by atoms with van der Waals surface area (Å²) >= 11 is 5.62. The molecule has 0 radical (unpaired) electrons. The molecule has 4 nitrogen and oxygen atoms in total. The average molecular weight is 344 g/mol. The van der Waals surface area contributed by atoms with Gasteiger partial charge in [0.15, 0.2) is 0 Å². The Morgan fingerprint density at radius 1 is 1.57 bits per heavy atom. The van der Waals surface area contributed by atoms with Crippen molar-refractivity contribution in [2.24, 2.45) is 5.92 Å². The Balaban J connectivity index is 1.84. The number of aliphatic hydroxyl groups excluding tert-OH is 1.